The summed E-state index contributed by atoms with van der Waals surface area (Å²) in [4.78, 5) is 11.4. The van der Waals surface area contributed by atoms with Crippen LogP contribution in [0, 0.1) is 0 Å². The topological polar surface area (TPSA) is 52.3 Å². The highest BCUT2D eigenvalue weighted by Crippen LogP contribution is 2.13. The molecular weight excluding hydrogens is 266 g/mol. The number of carbonyl (C=O) groups excluding carboxylic acids is 1. The van der Waals surface area contributed by atoms with Crippen molar-refractivity contribution < 1.29 is 14.1 Å². The van der Waals surface area contributed by atoms with Crippen LogP contribution >= 0.6 is 11.6 Å². The maximum absolute atomic E-state index is 11.4. The van der Waals surface area contributed by atoms with Gasteiger partial charge in [0.15, 0.2) is 11.5 Å². The molecule has 98 valence electrons. The summed E-state index contributed by atoms with van der Waals surface area (Å²) in [5.74, 6) is -0.00426. The first-order valence-corrected chi connectivity index (χ1v) is 6.14. The van der Waals surface area contributed by atoms with E-state index in [-0.39, 0.29) is 5.69 Å². The highest BCUT2D eigenvalue weighted by Gasteiger charge is 2.11. The van der Waals surface area contributed by atoms with Gasteiger partial charge in [-0.05, 0) is 30.7 Å². The second-order valence-electron chi connectivity index (χ2n) is 3.72. The van der Waals surface area contributed by atoms with Gasteiger partial charge in [0.05, 0.1) is 6.61 Å². The van der Waals surface area contributed by atoms with E-state index in [1.807, 2.05) is 18.2 Å². The minimum Gasteiger partial charge on any atom is -0.461 e. The Hall–Kier alpha value is -2.07. The van der Waals surface area contributed by atoms with Crippen LogP contribution in [-0.2, 0) is 4.74 Å². The molecule has 0 aliphatic carbocycles. The zero-order valence-corrected chi connectivity index (χ0v) is 11.1. The summed E-state index contributed by atoms with van der Waals surface area (Å²) in [6.07, 6.45) is 3.56. The molecule has 0 spiro atoms. The number of hydrogen-bond donors (Lipinski definition) is 0. The molecule has 1 aromatic carbocycles. The first-order valence-electron chi connectivity index (χ1n) is 5.76. The zero-order chi connectivity index (χ0) is 13.7. The van der Waals surface area contributed by atoms with Crippen LogP contribution in [0.3, 0.4) is 0 Å². The molecule has 0 unspecified atom stereocenters. The third kappa shape index (κ3) is 3.69. The molecule has 2 rings (SSSR count). The fourth-order valence-corrected chi connectivity index (χ4v) is 1.55. The molecule has 0 saturated heterocycles. The highest BCUT2D eigenvalue weighted by atomic mass is 35.5. The van der Waals surface area contributed by atoms with Gasteiger partial charge >= 0.3 is 5.97 Å². The van der Waals surface area contributed by atoms with E-state index in [9.17, 15) is 4.79 Å². The van der Waals surface area contributed by atoms with Gasteiger partial charge in [-0.3, -0.25) is 0 Å². The van der Waals surface area contributed by atoms with Crippen LogP contribution in [0.25, 0.3) is 12.2 Å². The normalized spacial score (nSPS) is 10.8. The SMILES string of the molecule is CCOC(=O)c1cc(/C=C\c2ccc(Cl)cc2)on1. The molecule has 1 aromatic heterocycles. The second-order valence-corrected chi connectivity index (χ2v) is 4.16. The van der Waals surface area contributed by atoms with E-state index >= 15 is 0 Å². The third-order valence-electron chi connectivity index (χ3n) is 2.32. The maximum atomic E-state index is 11.4. The van der Waals surface area contributed by atoms with E-state index in [4.69, 9.17) is 20.9 Å². The number of esters is 1. The van der Waals surface area contributed by atoms with Gasteiger partial charge in [0.2, 0.25) is 0 Å². The number of carbonyl (C=O) groups is 1. The van der Waals surface area contributed by atoms with Crippen LogP contribution in [0.15, 0.2) is 34.9 Å². The summed E-state index contributed by atoms with van der Waals surface area (Å²) in [7, 11) is 0. The molecule has 19 heavy (non-hydrogen) atoms. The van der Waals surface area contributed by atoms with Crippen LogP contribution in [-0.4, -0.2) is 17.7 Å². The van der Waals surface area contributed by atoms with E-state index in [2.05, 4.69) is 5.16 Å². The number of halogens is 1. The van der Waals surface area contributed by atoms with Gasteiger partial charge < -0.3 is 9.26 Å². The average molecular weight is 278 g/mol. The minimum atomic E-state index is -0.489. The van der Waals surface area contributed by atoms with Crippen molar-refractivity contribution in [3.05, 3.63) is 52.4 Å². The van der Waals surface area contributed by atoms with Crippen LogP contribution in [0.4, 0.5) is 0 Å². The largest absolute Gasteiger partial charge is 0.461 e. The quantitative estimate of drug-likeness (QED) is 0.800. The Labute approximate surface area is 115 Å². The van der Waals surface area contributed by atoms with Crippen molar-refractivity contribution in [2.24, 2.45) is 0 Å². The monoisotopic (exact) mass is 277 g/mol. The number of benzene rings is 1. The lowest BCUT2D eigenvalue weighted by Gasteiger charge is -1.94. The molecule has 0 bridgehead atoms. The van der Waals surface area contributed by atoms with Crippen LogP contribution < -0.4 is 0 Å². The van der Waals surface area contributed by atoms with E-state index in [1.165, 1.54) is 6.07 Å². The molecule has 0 aliphatic rings. The van der Waals surface area contributed by atoms with Crippen molar-refractivity contribution in [3.63, 3.8) is 0 Å². The van der Waals surface area contributed by atoms with Crippen LogP contribution in [0.1, 0.15) is 28.7 Å². The molecule has 5 heteroatoms. The Kier molecular flexibility index (Phi) is 4.36. The number of hydrogen-bond acceptors (Lipinski definition) is 4. The van der Waals surface area contributed by atoms with Crippen molar-refractivity contribution in [1.82, 2.24) is 5.16 Å². The van der Waals surface area contributed by atoms with Crippen LogP contribution in [0.2, 0.25) is 5.02 Å². The molecule has 0 fully saturated rings. The second kappa shape index (κ2) is 6.20. The van der Waals surface area contributed by atoms with Crippen molar-refractivity contribution in [2.45, 2.75) is 6.92 Å². The Morgan fingerprint density at radius 2 is 2.11 bits per heavy atom. The van der Waals surface area contributed by atoms with Crippen molar-refractivity contribution >= 4 is 29.7 Å². The summed E-state index contributed by atoms with van der Waals surface area (Å²) < 4.78 is 9.83. The smallest absolute Gasteiger partial charge is 0.360 e. The molecule has 4 nitrogen and oxygen atoms in total. The fourth-order valence-electron chi connectivity index (χ4n) is 1.42. The van der Waals surface area contributed by atoms with E-state index in [0.29, 0.717) is 17.4 Å². The van der Waals surface area contributed by atoms with Crippen molar-refractivity contribution in [3.8, 4) is 0 Å². The molecule has 0 saturated carbocycles. The molecular formula is C14H12ClNO3. The third-order valence-corrected chi connectivity index (χ3v) is 2.57. The molecule has 0 N–H and O–H groups in total. The molecule has 0 aliphatic heterocycles. The lowest BCUT2D eigenvalue weighted by Crippen LogP contribution is -2.04. The summed E-state index contributed by atoms with van der Waals surface area (Å²) in [6.45, 7) is 2.04. The fraction of sp³-hybridized carbons (Fsp3) is 0.143. The number of rotatable bonds is 4. The lowest BCUT2D eigenvalue weighted by molar-refractivity contribution is 0.0514. The van der Waals surface area contributed by atoms with Crippen molar-refractivity contribution in [1.29, 1.82) is 0 Å². The van der Waals surface area contributed by atoms with E-state index < -0.39 is 5.97 Å². The molecule has 0 radical (unpaired) electrons. The maximum Gasteiger partial charge on any atom is 0.360 e. The Morgan fingerprint density at radius 1 is 1.37 bits per heavy atom. The Morgan fingerprint density at radius 3 is 2.79 bits per heavy atom. The minimum absolute atomic E-state index is 0.164. The van der Waals surface area contributed by atoms with Gasteiger partial charge in [-0.15, -0.1) is 0 Å². The van der Waals surface area contributed by atoms with Gasteiger partial charge in [-0.25, -0.2) is 4.79 Å². The van der Waals surface area contributed by atoms with Gasteiger partial charge in [-0.2, -0.15) is 0 Å². The van der Waals surface area contributed by atoms with E-state index in [1.54, 1.807) is 25.1 Å². The molecule has 0 atom stereocenters. The Bertz CT molecular complexity index is 587. The van der Waals surface area contributed by atoms with Crippen molar-refractivity contribution in [2.75, 3.05) is 6.61 Å². The summed E-state index contributed by atoms with van der Waals surface area (Å²) >= 11 is 5.79. The van der Waals surface area contributed by atoms with Gasteiger partial charge in [0, 0.05) is 11.1 Å². The number of ether oxygens (including phenoxy) is 1. The number of aromatic nitrogens is 1. The van der Waals surface area contributed by atoms with Gasteiger partial charge in [0.25, 0.3) is 0 Å². The standard InChI is InChI=1S/C14H12ClNO3/c1-2-18-14(17)13-9-12(19-16-13)8-5-10-3-6-11(15)7-4-10/h3-9H,2H2,1H3/b8-5-. The summed E-state index contributed by atoms with van der Waals surface area (Å²) in [5.41, 5.74) is 1.14. The summed E-state index contributed by atoms with van der Waals surface area (Å²) in [5, 5.41) is 4.32. The molecule has 0 amide bonds. The first-order chi connectivity index (χ1) is 9.19. The highest BCUT2D eigenvalue weighted by molar-refractivity contribution is 6.30. The zero-order valence-electron chi connectivity index (χ0n) is 10.3. The lowest BCUT2D eigenvalue weighted by atomic mass is 10.2. The van der Waals surface area contributed by atoms with Gasteiger partial charge in [-0.1, -0.05) is 35.0 Å². The van der Waals surface area contributed by atoms with Gasteiger partial charge in [0.1, 0.15) is 0 Å². The Balaban J connectivity index is 2.07. The molecule has 2 aromatic rings. The average Bonchev–Trinajstić information content (AvgIpc) is 2.87. The first kappa shape index (κ1) is 13.4. The number of nitrogens with zero attached hydrogens (tertiary/aromatic N) is 1. The predicted molar refractivity (Wildman–Crippen MR) is 72.8 cm³/mol. The van der Waals surface area contributed by atoms with Crippen LogP contribution in [0.5, 0.6) is 0 Å². The molecule has 1 heterocycles. The predicted octanol–water partition coefficient (Wildman–Crippen LogP) is 3.68. The summed E-state index contributed by atoms with van der Waals surface area (Å²) in [6, 6.07) is 8.88. The van der Waals surface area contributed by atoms with E-state index in [0.717, 1.165) is 5.56 Å².